The van der Waals surface area contributed by atoms with E-state index in [2.05, 4.69) is 31.0 Å². The van der Waals surface area contributed by atoms with Gasteiger partial charge in [-0.25, -0.2) is 0 Å². The van der Waals surface area contributed by atoms with E-state index in [0.717, 1.165) is 0 Å². The zero-order valence-corrected chi connectivity index (χ0v) is 9.59. The van der Waals surface area contributed by atoms with Crippen molar-refractivity contribution in [3.8, 4) is 0 Å². The summed E-state index contributed by atoms with van der Waals surface area (Å²) in [5.41, 5.74) is 4.48. The summed E-state index contributed by atoms with van der Waals surface area (Å²) < 4.78 is 0. The molecule has 0 atom stereocenters. The molecule has 0 aromatic carbocycles. The van der Waals surface area contributed by atoms with E-state index in [-0.39, 0.29) is 0 Å². The largest absolute Gasteiger partial charge is 0.265 e. The van der Waals surface area contributed by atoms with Crippen LogP contribution in [0, 0.1) is 5.92 Å². The molecule has 1 aliphatic rings. The molecule has 1 heterocycles. The van der Waals surface area contributed by atoms with Gasteiger partial charge in [0.15, 0.2) is 0 Å². The van der Waals surface area contributed by atoms with Crippen molar-refractivity contribution in [3.05, 3.63) is 41.6 Å². The fraction of sp³-hybridized carbons (Fsp3) is 0.429. The van der Waals surface area contributed by atoms with Crippen LogP contribution < -0.4 is 0 Å². The van der Waals surface area contributed by atoms with Crippen LogP contribution in [0.4, 0.5) is 0 Å². The first-order valence-corrected chi connectivity index (χ1v) is 5.72. The average molecular weight is 200 g/mol. The van der Waals surface area contributed by atoms with Crippen molar-refractivity contribution in [2.24, 2.45) is 0 Å². The summed E-state index contributed by atoms with van der Waals surface area (Å²) >= 11 is 0. The fourth-order valence-electron chi connectivity index (χ4n) is 2.33. The summed E-state index contributed by atoms with van der Waals surface area (Å²) in [5.74, 6) is 1.47. The van der Waals surface area contributed by atoms with Gasteiger partial charge in [0.1, 0.15) is 0 Å². The molecule has 79 valence electrons. The van der Waals surface area contributed by atoms with E-state index >= 15 is 0 Å². The molecular formula is C14H18N. The number of pyridine rings is 1. The minimum Gasteiger partial charge on any atom is -0.265 e. The molecular weight excluding hydrogens is 182 g/mol. The molecule has 0 saturated heterocycles. The SMILES string of the molecule is C[C](C)C1=C(c2ccncc2)CCCC1. The molecule has 1 aromatic heterocycles. The summed E-state index contributed by atoms with van der Waals surface area (Å²) in [4.78, 5) is 4.08. The Bertz CT molecular complexity index is 349. The van der Waals surface area contributed by atoms with Crippen LogP contribution in [0.25, 0.3) is 5.57 Å². The van der Waals surface area contributed by atoms with Crippen LogP contribution in [0.3, 0.4) is 0 Å². The highest BCUT2D eigenvalue weighted by molar-refractivity contribution is 5.71. The molecule has 0 bridgehead atoms. The number of rotatable bonds is 2. The molecule has 15 heavy (non-hydrogen) atoms. The van der Waals surface area contributed by atoms with Gasteiger partial charge >= 0.3 is 0 Å². The van der Waals surface area contributed by atoms with E-state index < -0.39 is 0 Å². The predicted octanol–water partition coefficient (Wildman–Crippen LogP) is 4.02. The van der Waals surface area contributed by atoms with Crippen molar-refractivity contribution < 1.29 is 0 Å². The molecule has 0 unspecified atom stereocenters. The molecule has 1 aromatic rings. The van der Waals surface area contributed by atoms with Gasteiger partial charge in [0, 0.05) is 12.4 Å². The zero-order chi connectivity index (χ0) is 10.7. The van der Waals surface area contributed by atoms with Crippen molar-refractivity contribution in [2.45, 2.75) is 39.5 Å². The first-order valence-electron chi connectivity index (χ1n) is 5.72. The van der Waals surface area contributed by atoms with Gasteiger partial charge in [-0.3, -0.25) is 4.98 Å². The molecule has 1 nitrogen and oxygen atoms in total. The van der Waals surface area contributed by atoms with Crippen LogP contribution in [0.15, 0.2) is 30.1 Å². The summed E-state index contributed by atoms with van der Waals surface area (Å²) in [5, 5.41) is 0. The molecule has 0 aliphatic heterocycles. The molecule has 1 radical (unpaired) electrons. The zero-order valence-electron chi connectivity index (χ0n) is 9.59. The molecule has 1 aliphatic carbocycles. The quantitative estimate of drug-likeness (QED) is 0.702. The number of nitrogens with zero attached hydrogens (tertiary/aromatic N) is 1. The highest BCUT2D eigenvalue weighted by atomic mass is 14.6. The highest BCUT2D eigenvalue weighted by Crippen LogP contribution is 2.36. The molecule has 0 fully saturated rings. The van der Waals surface area contributed by atoms with E-state index in [1.165, 1.54) is 37.2 Å². The molecule has 1 heteroatoms. The average Bonchev–Trinajstić information content (AvgIpc) is 2.30. The molecule has 0 amide bonds. The molecule has 2 rings (SSSR count). The topological polar surface area (TPSA) is 12.9 Å². The fourth-order valence-corrected chi connectivity index (χ4v) is 2.33. The van der Waals surface area contributed by atoms with Crippen LogP contribution in [-0.4, -0.2) is 4.98 Å². The Morgan fingerprint density at radius 1 is 1.07 bits per heavy atom. The van der Waals surface area contributed by atoms with Crippen LogP contribution in [0.2, 0.25) is 0 Å². The normalized spacial score (nSPS) is 17.3. The monoisotopic (exact) mass is 200 g/mol. The number of hydrogen-bond acceptors (Lipinski definition) is 1. The first-order chi connectivity index (χ1) is 7.29. The number of allylic oxidation sites excluding steroid dienone is 2. The lowest BCUT2D eigenvalue weighted by atomic mass is 9.82. The van der Waals surface area contributed by atoms with Crippen molar-refractivity contribution >= 4 is 5.57 Å². The molecule has 0 N–H and O–H groups in total. The Balaban J connectivity index is 2.39. The van der Waals surface area contributed by atoms with Crippen LogP contribution in [0.5, 0.6) is 0 Å². The first kappa shape index (κ1) is 10.4. The van der Waals surface area contributed by atoms with Gasteiger partial charge < -0.3 is 0 Å². The Morgan fingerprint density at radius 2 is 1.73 bits per heavy atom. The highest BCUT2D eigenvalue weighted by Gasteiger charge is 2.16. The third kappa shape index (κ3) is 2.28. The second-order valence-corrected chi connectivity index (χ2v) is 4.40. The number of hydrogen-bond donors (Lipinski definition) is 0. The maximum absolute atomic E-state index is 4.08. The van der Waals surface area contributed by atoms with E-state index in [1.807, 2.05) is 12.4 Å². The Labute approximate surface area is 92.2 Å². The second kappa shape index (κ2) is 4.61. The van der Waals surface area contributed by atoms with E-state index in [4.69, 9.17) is 0 Å². The van der Waals surface area contributed by atoms with E-state index in [9.17, 15) is 0 Å². The van der Waals surface area contributed by atoms with Crippen molar-refractivity contribution in [3.63, 3.8) is 0 Å². The smallest absolute Gasteiger partial charge is 0.0273 e. The van der Waals surface area contributed by atoms with E-state index in [1.54, 1.807) is 11.1 Å². The Morgan fingerprint density at radius 3 is 2.40 bits per heavy atom. The maximum atomic E-state index is 4.08. The molecule has 0 spiro atoms. The second-order valence-electron chi connectivity index (χ2n) is 4.40. The van der Waals surface area contributed by atoms with Crippen LogP contribution in [0.1, 0.15) is 45.1 Å². The van der Waals surface area contributed by atoms with Crippen LogP contribution >= 0.6 is 0 Å². The predicted molar refractivity (Wildman–Crippen MR) is 64.2 cm³/mol. The molecule has 0 saturated carbocycles. The lowest BCUT2D eigenvalue weighted by molar-refractivity contribution is 0.704. The summed E-state index contributed by atoms with van der Waals surface area (Å²) in [6.45, 7) is 4.45. The van der Waals surface area contributed by atoms with Gasteiger partial charge in [-0.15, -0.1) is 0 Å². The van der Waals surface area contributed by atoms with Gasteiger partial charge in [0.25, 0.3) is 0 Å². The minimum atomic E-state index is 1.23. The van der Waals surface area contributed by atoms with Gasteiger partial charge in [-0.2, -0.15) is 0 Å². The lowest BCUT2D eigenvalue weighted by Gasteiger charge is -2.23. The van der Waals surface area contributed by atoms with Crippen LogP contribution in [-0.2, 0) is 0 Å². The van der Waals surface area contributed by atoms with Crippen molar-refractivity contribution in [2.75, 3.05) is 0 Å². The third-order valence-electron chi connectivity index (χ3n) is 3.10. The number of aromatic nitrogens is 1. The van der Waals surface area contributed by atoms with Gasteiger partial charge in [0.2, 0.25) is 0 Å². The van der Waals surface area contributed by atoms with Crippen molar-refractivity contribution in [1.82, 2.24) is 4.98 Å². The van der Waals surface area contributed by atoms with Gasteiger partial charge in [-0.05, 0) is 54.9 Å². The summed E-state index contributed by atoms with van der Waals surface area (Å²) in [7, 11) is 0. The standard InChI is InChI=1S/C14H18N/c1-11(2)13-5-3-4-6-14(13)12-7-9-15-10-8-12/h7-10H,3-6H2,1-2H3. The van der Waals surface area contributed by atoms with Gasteiger partial charge in [-0.1, -0.05) is 19.4 Å². The van der Waals surface area contributed by atoms with E-state index in [0.29, 0.717) is 0 Å². The van der Waals surface area contributed by atoms with Crippen molar-refractivity contribution in [1.29, 1.82) is 0 Å². The van der Waals surface area contributed by atoms with Gasteiger partial charge in [0.05, 0.1) is 0 Å². The Kier molecular flexibility index (Phi) is 3.20. The minimum absolute atomic E-state index is 1.23. The summed E-state index contributed by atoms with van der Waals surface area (Å²) in [6.07, 6.45) is 8.92. The maximum Gasteiger partial charge on any atom is 0.0273 e. The Hall–Kier alpha value is -1.11. The lowest BCUT2D eigenvalue weighted by Crippen LogP contribution is -2.03. The summed E-state index contributed by atoms with van der Waals surface area (Å²) in [6, 6.07) is 4.26. The third-order valence-corrected chi connectivity index (χ3v) is 3.10.